The Morgan fingerprint density at radius 2 is 1.92 bits per heavy atom. The highest BCUT2D eigenvalue weighted by atomic mass is 16.5. The lowest BCUT2D eigenvalue weighted by Gasteiger charge is -2.28. The van der Waals surface area contributed by atoms with Crippen molar-refractivity contribution in [2.75, 3.05) is 0 Å². The Morgan fingerprint density at radius 1 is 1.12 bits per heavy atom. The van der Waals surface area contributed by atoms with Crippen LogP contribution in [0.1, 0.15) is 36.0 Å². The molecule has 2 heterocycles. The van der Waals surface area contributed by atoms with Gasteiger partial charge in [0.25, 0.3) is 5.91 Å². The van der Waals surface area contributed by atoms with Gasteiger partial charge >= 0.3 is 6.01 Å². The Labute approximate surface area is 145 Å². The fourth-order valence-electron chi connectivity index (χ4n) is 3.28. The summed E-state index contributed by atoms with van der Waals surface area (Å²) >= 11 is 0. The van der Waals surface area contributed by atoms with Crippen LogP contribution >= 0.6 is 0 Å². The molecule has 0 saturated heterocycles. The van der Waals surface area contributed by atoms with Gasteiger partial charge in [0.1, 0.15) is 6.10 Å². The van der Waals surface area contributed by atoms with E-state index in [1.165, 1.54) is 0 Å². The quantitative estimate of drug-likeness (QED) is 0.767. The topological polar surface area (TPSA) is 79.9 Å². The van der Waals surface area contributed by atoms with E-state index in [-0.39, 0.29) is 18.1 Å². The largest absolute Gasteiger partial charge is 0.460 e. The molecule has 25 heavy (non-hydrogen) atoms. The highest BCUT2D eigenvalue weighted by Gasteiger charge is 2.24. The lowest BCUT2D eigenvalue weighted by atomic mass is 9.92. The summed E-state index contributed by atoms with van der Waals surface area (Å²) in [6.07, 6.45) is 8.92. The van der Waals surface area contributed by atoms with Crippen molar-refractivity contribution in [3.8, 4) is 6.01 Å². The minimum absolute atomic E-state index is 0.0149. The van der Waals surface area contributed by atoms with Gasteiger partial charge in [0.15, 0.2) is 0 Å². The zero-order valence-electron chi connectivity index (χ0n) is 13.8. The maximum atomic E-state index is 12.5. The first kappa shape index (κ1) is 15.6. The lowest BCUT2D eigenvalue weighted by Crippen LogP contribution is -2.39. The van der Waals surface area contributed by atoms with Crippen LogP contribution in [0.2, 0.25) is 0 Å². The molecule has 0 aliphatic heterocycles. The third-order valence-electron chi connectivity index (χ3n) is 4.64. The lowest BCUT2D eigenvalue weighted by molar-refractivity contribution is 0.0885. The van der Waals surface area contributed by atoms with E-state index in [0.717, 1.165) is 36.6 Å². The molecule has 0 unspecified atom stereocenters. The van der Waals surface area contributed by atoms with Gasteiger partial charge in [-0.05, 0) is 56.0 Å². The summed E-state index contributed by atoms with van der Waals surface area (Å²) < 4.78 is 5.79. The predicted octanol–water partition coefficient (Wildman–Crippen LogP) is 3.08. The number of nitrogens with one attached hydrogen (secondary N) is 2. The van der Waals surface area contributed by atoms with E-state index >= 15 is 0 Å². The number of hydrogen-bond donors (Lipinski definition) is 2. The van der Waals surface area contributed by atoms with Gasteiger partial charge in [-0.25, -0.2) is 9.97 Å². The number of carbonyl (C=O) groups excluding carboxylic acids is 1. The maximum Gasteiger partial charge on any atom is 0.316 e. The van der Waals surface area contributed by atoms with Gasteiger partial charge in [0.05, 0.1) is 0 Å². The van der Waals surface area contributed by atoms with E-state index < -0.39 is 0 Å². The molecule has 0 radical (unpaired) electrons. The molecular weight excluding hydrogens is 316 g/mol. The number of carbonyl (C=O) groups is 1. The van der Waals surface area contributed by atoms with Crippen LogP contribution in [-0.4, -0.2) is 33.0 Å². The molecule has 1 aliphatic carbocycles. The molecule has 1 fully saturated rings. The minimum atomic E-state index is -0.0149. The summed E-state index contributed by atoms with van der Waals surface area (Å²) in [5, 5.41) is 4.19. The van der Waals surface area contributed by atoms with E-state index in [9.17, 15) is 4.79 Å². The van der Waals surface area contributed by atoms with Crippen molar-refractivity contribution in [3.05, 3.63) is 54.5 Å². The number of aromatic nitrogens is 3. The number of ether oxygens (including phenoxy) is 1. The Morgan fingerprint density at radius 3 is 2.72 bits per heavy atom. The first-order chi connectivity index (χ1) is 12.3. The number of nitrogens with zero attached hydrogens (tertiary/aromatic N) is 2. The number of aromatic amines is 1. The molecule has 128 valence electrons. The molecular formula is C19H20N4O2. The molecule has 6 heteroatoms. The Balaban J connectivity index is 1.31. The SMILES string of the molecule is O=C(NC1CCC(Oc2ncccn2)CC1)c1ccc2[nH]ccc2c1. The van der Waals surface area contributed by atoms with Gasteiger partial charge in [-0.15, -0.1) is 0 Å². The summed E-state index contributed by atoms with van der Waals surface area (Å²) in [6.45, 7) is 0. The molecule has 1 aliphatic rings. The van der Waals surface area contributed by atoms with Crippen LogP contribution in [0.25, 0.3) is 10.9 Å². The van der Waals surface area contributed by atoms with Crippen LogP contribution in [0.5, 0.6) is 6.01 Å². The molecule has 2 aromatic heterocycles. The third-order valence-corrected chi connectivity index (χ3v) is 4.64. The second-order valence-corrected chi connectivity index (χ2v) is 6.38. The highest BCUT2D eigenvalue weighted by molar-refractivity contribution is 5.98. The Bertz CT molecular complexity index is 854. The molecule has 0 spiro atoms. The number of amides is 1. The van der Waals surface area contributed by atoms with Crippen molar-refractivity contribution in [2.24, 2.45) is 0 Å². The molecule has 1 amide bonds. The number of rotatable bonds is 4. The first-order valence-corrected chi connectivity index (χ1v) is 8.59. The number of H-pyrrole nitrogens is 1. The third kappa shape index (κ3) is 3.63. The molecule has 3 aromatic rings. The fourth-order valence-corrected chi connectivity index (χ4v) is 3.28. The van der Waals surface area contributed by atoms with Crippen LogP contribution in [0.15, 0.2) is 48.9 Å². The zero-order valence-corrected chi connectivity index (χ0v) is 13.8. The number of fused-ring (bicyclic) bond motifs is 1. The minimum Gasteiger partial charge on any atom is -0.460 e. The summed E-state index contributed by atoms with van der Waals surface area (Å²) in [7, 11) is 0. The van der Waals surface area contributed by atoms with Gasteiger partial charge < -0.3 is 15.0 Å². The van der Waals surface area contributed by atoms with Crippen LogP contribution < -0.4 is 10.1 Å². The molecule has 2 N–H and O–H groups in total. The van der Waals surface area contributed by atoms with Crippen LogP contribution in [-0.2, 0) is 0 Å². The molecule has 1 saturated carbocycles. The van der Waals surface area contributed by atoms with Crippen molar-refractivity contribution in [2.45, 2.75) is 37.8 Å². The normalized spacial score (nSPS) is 20.3. The zero-order chi connectivity index (χ0) is 17.1. The van der Waals surface area contributed by atoms with Crippen LogP contribution in [0.4, 0.5) is 0 Å². The highest BCUT2D eigenvalue weighted by Crippen LogP contribution is 2.22. The Hall–Kier alpha value is -2.89. The van der Waals surface area contributed by atoms with Crippen molar-refractivity contribution >= 4 is 16.8 Å². The van der Waals surface area contributed by atoms with E-state index in [1.807, 2.05) is 30.5 Å². The average Bonchev–Trinajstić information content (AvgIpc) is 3.12. The summed E-state index contributed by atoms with van der Waals surface area (Å²) in [6, 6.07) is 10.1. The fraction of sp³-hybridized carbons (Fsp3) is 0.316. The first-order valence-electron chi connectivity index (χ1n) is 8.59. The second kappa shape index (κ2) is 6.93. The van der Waals surface area contributed by atoms with E-state index in [0.29, 0.717) is 11.6 Å². The van der Waals surface area contributed by atoms with Gasteiger partial charge in [-0.3, -0.25) is 4.79 Å². The summed E-state index contributed by atoms with van der Waals surface area (Å²) in [5.41, 5.74) is 1.74. The second-order valence-electron chi connectivity index (χ2n) is 6.38. The van der Waals surface area contributed by atoms with Gasteiger partial charge in [0.2, 0.25) is 0 Å². The van der Waals surface area contributed by atoms with Gasteiger partial charge in [0, 0.05) is 41.1 Å². The smallest absolute Gasteiger partial charge is 0.316 e. The average molecular weight is 336 g/mol. The van der Waals surface area contributed by atoms with Crippen molar-refractivity contribution in [1.82, 2.24) is 20.3 Å². The van der Waals surface area contributed by atoms with Crippen LogP contribution in [0.3, 0.4) is 0 Å². The van der Waals surface area contributed by atoms with E-state index in [1.54, 1.807) is 18.5 Å². The standard InChI is InChI=1S/C19H20N4O2/c24-18(14-2-7-17-13(12-14)8-11-20-17)23-15-3-5-16(6-4-15)25-19-21-9-1-10-22-19/h1-2,7-12,15-16,20H,3-6H2,(H,23,24). The van der Waals surface area contributed by atoms with Crippen molar-refractivity contribution < 1.29 is 9.53 Å². The summed E-state index contributed by atoms with van der Waals surface area (Å²) in [5.74, 6) is -0.0149. The maximum absolute atomic E-state index is 12.5. The monoisotopic (exact) mass is 336 g/mol. The molecule has 0 bridgehead atoms. The molecule has 1 aromatic carbocycles. The number of hydrogen-bond acceptors (Lipinski definition) is 4. The van der Waals surface area contributed by atoms with Gasteiger partial charge in [-0.2, -0.15) is 0 Å². The van der Waals surface area contributed by atoms with Gasteiger partial charge in [-0.1, -0.05) is 0 Å². The molecule has 6 nitrogen and oxygen atoms in total. The Kier molecular flexibility index (Phi) is 4.33. The molecule has 4 rings (SSSR count). The van der Waals surface area contributed by atoms with E-state index in [2.05, 4.69) is 20.3 Å². The predicted molar refractivity (Wildman–Crippen MR) is 94.5 cm³/mol. The van der Waals surface area contributed by atoms with Crippen molar-refractivity contribution in [3.63, 3.8) is 0 Å². The number of benzene rings is 1. The van der Waals surface area contributed by atoms with E-state index in [4.69, 9.17) is 4.74 Å². The summed E-state index contributed by atoms with van der Waals surface area (Å²) in [4.78, 5) is 23.8. The van der Waals surface area contributed by atoms with Crippen LogP contribution in [0, 0.1) is 0 Å². The van der Waals surface area contributed by atoms with Crippen molar-refractivity contribution in [1.29, 1.82) is 0 Å². The molecule has 0 atom stereocenters.